The normalized spacial score (nSPS) is 17.1. The molecule has 3 heteroatoms. The zero-order chi connectivity index (χ0) is 21.9. The van der Waals surface area contributed by atoms with E-state index in [0.29, 0.717) is 11.1 Å². The van der Waals surface area contributed by atoms with E-state index >= 15 is 0 Å². The molecule has 0 aliphatic heterocycles. The number of hydrogen-bond donors (Lipinski definition) is 1. The van der Waals surface area contributed by atoms with Gasteiger partial charge < -0.3 is 9.84 Å². The molecule has 156 valence electrons. The number of hydrogen-bond acceptors (Lipinski definition) is 3. The van der Waals surface area contributed by atoms with Gasteiger partial charge in [-0.3, -0.25) is 0 Å². The molecule has 1 N–H and O–H groups in total. The maximum atomic E-state index is 11.9. The van der Waals surface area contributed by atoms with Gasteiger partial charge in [0.1, 0.15) is 12.7 Å². The fraction of sp³-hybridized carbons (Fsp3) is 0.370. The first kappa shape index (κ1) is 21.9. The Morgan fingerprint density at radius 2 is 1.73 bits per heavy atom. The number of esters is 1. The van der Waals surface area contributed by atoms with Crippen molar-refractivity contribution in [1.82, 2.24) is 0 Å². The predicted molar refractivity (Wildman–Crippen MR) is 120 cm³/mol. The van der Waals surface area contributed by atoms with Crippen LogP contribution >= 0.6 is 0 Å². The highest BCUT2D eigenvalue weighted by Gasteiger charge is 2.36. The fourth-order valence-electron chi connectivity index (χ4n) is 3.92. The van der Waals surface area contributed by atoms with Crippen molar-refractivity contribution in [2.24, 2.45) is 0 Å². The lowest BCUT2D eigenvalue weighted by Gasteiger charge is -2.41. The van der Waals surface area contributed by atoms with Gasteiger partial charge in [-0.15, -0.1) is 0 Å². The summed E-state index contributed by atoms with van der Waals surface area (Å²) in [7, 11) is 0. The summed E-state index contributed by atoms with van der Waals surface area (Å²) in [6, 6.07) is 13.1. The fourth-order valence-corrected chi connectivity index (χ4v) is 3.92. The number of aliphatic hydroxyl groups excluding tert-OH is 1. The third-order valence-electron chi connectivity index (χ3n) is 6.00. The number of ether oxygens (including phenoxy) is 1. The topological polar surface area (TPSA) is 46.5 Å². The standard InChI is InChI=1S/C27H30O3/c1-6-17-30-25(29)21-11-9-20(10-12-21)24(28)14-8-19-7-13-22-23(18-19)27(4,5)16-15-26(22,2)3/h6-7,9-13,18,24,28H,1,15-17H2,2-5H3. The Morgan fingerprint density at radius 1 is 1.10 bits per heavy atom. The summed E-state index contributed by atoms with van der Waals surface area (Å²) in [6.07, 6.45) is 2.92. The summed E-state index contributed by atoms with van der Waals surface area (Å²) < 4.78 is 5.01. The highest BCUT2D eigenvalue weighted by molar-refractivity contribution is 5.89. The summed E-state index contributed by atoms with van der Waals surface area (Å²) in [5, 5.41) is 10.5. The van der Waals surface area contributed by atoms with Crippen molar-refractivity contribution in [3.05, 3.63) is 82.9 Å². The summed E-state index contributed by atoms with van der Waals surface area (Å²) in [5.74, 6) is 5.63. The zero-order valence-corrected chi connectivity index (χ0v) is 18.3. The second-order valence-corrected chi connectivity index (χ2v) is 9.21. The van der Waals surface area contributed by atoms with Gasteiger partial charge in [-0.25, -0.2) is 4.79 Å². The average Bonchev–Trinajstić information content (AvgIpc) is 2.73. The number of carbonyl (C=O) groups is 1. The van der Waals surface area contributed by atoms with E-state index in [-0.39, 0.29) is 17.4 Å². The molecule has 0 heterocycles. The van der Waals surface area contributed by atoms with Crippen molar-refractivity contribution >= 4 is 5.97 Å². The molecule has 0 saturated carbocycles. The lowest BCUT2D eigenvalue weighted by Crippen LogP contribution is -2.33. The Balaban J connectivity index is 1.79. The van der Waals surface area contributed by atoms with Crippen molar-refractivity contribution in [1.29, 1.82) is 0 Å². The molecule has 0 saturated heterocycles. The Bertz CT molecular complexity index is 1000. The van der Waals surface area contributed by atoms with E-state index in [1.807, 2.05) is 6.07 Å². The lowest BCUT2D eigenvalue weighted by molar-refractivity contribution is 0.0549. The molecule has 1 unspecified atom stereocenters. The Morgan fingerprint density at radius 3 is 2.37 bits per heavy atom. The number of carbonyl (C=O) groups excluding carboxylic acids is 1. The molecule has 0 spiro atoms. The smallest absolute Gasteiger partial charge is 0.338 e. The second-order valence-electron chi connectivity index (χ2n) is 9.21. The van der Waals surface area contributed by atoms with E-state index in [1.54, 1.807) is 24.3 Å². The van der Waals surface area contributed by atoms with Gasteiger partial charge in [0.15, 0.2) is 0 Å². The van der Waals surface area contributed by atoms with Crippen LogP contribution in [-0.4, -0.2) is 17.7 Å². The summed E-state index contributed by atoms with van der Waals surface area (Å²) >= 11 is 0. The van der Waals surface area contributed by atoms with Crippen LogP contribution < -0.4 is 0 Å². The van der Waals surface area contributed by atoms with Gasteiger partial charge in [-0.1, -0.05) is 70.4 Å². The van der Waals surface area contributed by atoms with E-state index in [1.165, 1.54) is 23.6 Å². The number of fused-ring (bicyclic) bond motifs is 1. The molecule has 0 fully saturated rings. The summed E-state index contributed by atoms with van der Waals surface area (Å²) in [6.45, 7) is 12.9. The predicted octanol–water partition coefficient (Wildman–Crippen LogP) is 5.46. The maximum absolute atomic E-state index is 11.9. The van der Waals surface area contributed by atoms with Crippen LogP contribution in [0.25, 0.3) is 0 Å². The first-order chi connectivity index (χ1) is 14.1. The van der Waals surface area contributed by atoms with Gasteiger partial charge in [0, 0.05) is 5.56 Å². The first-order valence-corrected chi connectivity index (χ1v) is 10.4. The number of benzene rings is 2. The number of rotatable bonds is 4. The molecule has 3 nitrogen and oxygen atoms in total. The van der Waals surface area contributed by atoms with Crippen LogP contribution in [0.3, 0.4) is 0 Å². The van der Waals surface area contributed by atoms with Crippen LogP contribution in [0.5, 0.6) is 0 Å². The molecule has 0 amide bonds. The van der Waals surface area contributed by atoms with Gasteiger partial charge in [0.05, 0.1) is 5.56 Å². The van der Waals surface area contributed by atoms with Crippen LogP contribution in [-0.2, 0) is 15.6 Å². The monoisotopic (exact) mass is 402 g/mol. The molecule has 1 atom stereocenters. The van der Waals surface area contributed by atoms with Crippen LogP contribution in [0.2, 0.25) is 0 Å². The van der Waals surface area contributed by atoms with Crippen LogP contribution in [0.4, 0.5) is 0 Å². The van der Waals surface area contributed by atoms with Crippen molar-refractivity contribution in [2.45, 2.75) is 57.5 Å². The van der Waals surface area contributed by atoms with Crippen LogP contribution in [0.1, 0.15) is 79.3 Å². The SMILES string of the molecule is C=CCOC(=O)c1ccc(C(O)C#Cc2ccc3c(c2)C(C)(C)CCC3(C)C)cc1. The largest absolute Gasteiger partial charge is 0.458 e. The molecule has 1 aliphatic carbocycles. The van der Waals surface area contributed by atoms with Gasteiger partial charge in [0.2, 0.25) is 0 Å². The molecule has 30 heavy (non-hydrogen) atoms. The molecular weight excluding hydrogens is 372 g/mol. The molecule has 2 aromatic rings. The molecule has 2 aromatic carbocycles. The highest BCUT2D eigenvalue weighted by atomic mass is 16.5. The first-order valence-electron chi connectivity index (χ1n) is 10.4. The van der Waals surface area contributed by atoms with Crippen LogP contribution in [0.15, 0.2) is 55.1 Å². The van der Waals surface area contributed by atoms with Gasteiger partial charge in [0.25, 0.3) is 0 Å². The van der Waals surface area contributed by atoms with E-state index in [2.05, 4.69) is 58.2 Å². The summed E-state index contributed by atoms with van der Waals surface area (Å²) in [4.78, 5) is 11.9. The van der Waals surface area contributed by atoms with E-state index in [9.17, 15) is 9.90 Å². The molecule has 0 aromatic heterocycles. The highest BCUT2D eigenvalue weighted by Crippen LogP contribution is 2.45. The molecule has 1 aliphatic rings. The molecule has 0 radical (unpaired) electrons. The van der Waals surface area contributed by atoms with E-state index < -0.39 is 12.1 Å². The zero-order valence-electron chi connectivity index (χ0n) is 18.3. The minimum atomic E-state index is -0.927. The van der Waals surface area contributed by atoms with Crippen molar-refractivity contribution in [2.75, 3.05) is 6.61 Å². The van der Waals surface area contributed by atoms with Crippen molar-refractivity contribution in [3.63, 3.8) is 0 Å². The maximum Gasteiger partial charge on any atom is 0.338 e. The Kier molecular flexibility index (Phi) is 6.19. The van der Waals surface area contributed by atoms with Crippen molar-refractivity contribution in [3.8, 4) is 11.8 Å². The minimum Gasteiger partial charge on any atom is -0.458 e. The Labute approximate surface area is 179 Å². The Hall–Kier alpha value is -2.83. The third-order valence-corrected chi connectivity index (χ3v) is 6.00. The third kappa shape index (κ3) is 4.66. The quantitative estimate of drug-likeness (QED) is 0.419. The molecule has 3 rings (SSSR count). The average molecular weight is 403 g/mol. The van der Waals surface area contributed by atoms with Gasteiger partial charge >= 0.3 is 5.97 Å². The van der Waals surface area contributed by atoms with Crippen molar-refractivity contribution < 1.29 is 14.6 Å². The van der Waals surface area contributed by atoms with E-state index in [4.69, 9.17) is 4.74 Å². The molecule has 0 bridgehead atoms. The lowest BCUT2D eigenvalue weighted by atomic mass is 9.63. The van der Waals surface area contributed by atoms with Gasteiger partial charge in [-0.05, 0) is 64.6 Å². The molecular formula is C27H30O3. The summed E-state index contributed by atoms with van der Waals surface area (Å²) in [5.41, 5.74) is 5.01. The number of aliphatic hydroxyl groups is 1. The minimum absolute atomic E-state index is 0.122. The second kappa shape index (κ2) is 8.50. The van der Waals surface area contributed by atoms with Crippen LogP contribution in [0, 0.1) is 11.8 Å². The van der Waals surface area contributed by atoms with E-state index in [0.717, 1.165) is 12.0 Å². The van der Waals surface area contributed by atoms with Gasteiger partial charge in [-0.2, -0.15) is 0 Å².